The summed E-state index contributed by atoms with van der Waals surface area (Å²) in [6.45, 7) is 2.00. The van der Waals surface area contributed by atoms with E-state index in [1.807, 2.05) is 6.92 Å². The van der Waals surface area contributed by atoms with Crippen molar-refractivity contribution in [2.45, 2.75) is 17.6 Å². The number of thiophene rings is 1. The molecule has 1 rings (SSSR count). The zero-order valence-electron chi connectivity index (χ0n) is 7.69. The molecule has 0 unspecified atom stereocenters. The summed E-state index contributed by atoms with van der Waals surface area (Å²) in [4.78, 5) is 10.9. The molecule has 1 aromatic heterocycles. The van der Waals surface area contributed by atoms with E-state index in [2.05, 4.69) is 4.72 Å². The van der Waals surface area contributed by atoms with Crippen LogP contribution in [0.25, 0.3) is 0 Å². The summed E-state index contributed by atoms with van der Waals surface area (Å²) < 4.78 is 25.6. The standard InChI is InChI=1S/C8H11NO3S2/c1-7-3-4-8(13-7)14(11,12)9-5-2-6-10/h3-4,6,9H,2,5H2,1H3. The number of aryl methyl sites for hydroxylation is 1. The number of carbonyl (C=O) groups is 1. The van der Waals surface area contributed by atoms with Crippen LogP contribution >= 0.6 is 11.3 Å². The second kappa shape index (κ2) is 4.68. The van der Waals surface area contributed by atoms with Crippen molar-refractivity contribution in [3.8, 4) is 0 Å². The Morgan fingerprint density at radius 1 is 1.50 bits per heavy atom. The average molecular weight is 233 g/mol. The molecule has 1 aromatic rings. The van der Waals surface area contributed by atoms with Gasteiger partial charge in [0.2, 0.25) is 10.0 Å². The van der Waals surface area contributed by atoms with Gasteiger partial charge in [-0.05, 0) is 19.1 Å². The van der Waals surface area contributed by atoms with Gasteiger partial charge in [-0.2, -0.15) is 0 Å². The molecular formula is C8H11NO3S2. The molecule has 0 fully saturated rings. The highest BCUT2D eigenvalue weighted by Crippen LogP contribution is 2.19. The van der Waals surface area contributed by atoms with Crippen molar-refractivity contribution in [1.29, 1.82) is 0 Å². The van der Waals surface area contributed by atoms with Gasteiger partial charge < -0.3 is 4.79 Å². The third-order valence-corrected chi connectivity index (χ3v) is 4.49. The first-order chi connectivity index (χ1) is 6.56. The van der Waals surface area contributed by atoms with E-state index in [1.54, 1.807) is 12.1 Å². The van der Waals surface area contributed by atoms with Crippen molar-refractivity contribution in [3.05, 3.63) is 17.0 Å². The lowest BCUT2D eigenvalue weighted by Crippen LogP contribution is -2.24. The van der Waals surface area contributed by atoms with Crippen LogP contribution in [0.5, 0.6) is 0 Å². The number of aldehydes is 1. The topological polar surface area (TPSA) is 63.2 Å². The lowest BCUT2D eigenvalue weighted by Gasteiger charge is -2.00. The zero-order chi connectivity index (χ0) is 10.6. The van der Waals surface area contributed by atoms with Crippen LogP contribution in [-0.2, 0) is 14.8 Å². The fourth-order valence-electron chi connectivity index (χ4n) is 0.880. The Bertz CT molecular complexity index is 408. The smallest absolute Gasteiger partial charge is 0.250 e. The Kier molecular flexibility index (Phi) is 3.79. The normalized spacial score (nSPS) is 11.5. The molecule has 0 aliphatic carbocycles. The van der Waals surface area contributed by atoms with Crippen LogP contribution in [-0.4, -0.2) is 21.2 Å². The monoisotopic (exact) mass is 233 g/mol. The lowest BCUT2D eigenvalue weighted by atomic mass is 10.5. The molecule has 1 N–H and O–H groups in total. The summed E-state index contributed by atoms with van der Waals surface area (Å²) in [7, 11) is -3.40. The lowest BCUT2D eigenvalue weighted by molar-refractivity contribution is -0.107. The van der Waals surface area contributed by atoms with Gasteiger partial charge in [0.1, 0.15) is 10.5 Å². The van der Waals surface area contributed by atoms with E-state index in [1.165, 1.54) is 11.3 Å². The van der Waals surface area contributed by atoms with Crippen LogP contribution < -0.4 is 4.72 Å². The van der Waals surface area contributed by atoms with E-state index in [4.69, 9.17) is 0 Å². The second-order valence-corrected chi connectivity index (χ2v) is 6.00. The number of carbonyl (C=O) groups excluding carboxylic acids is 1. The molecule has 1 heterocycles. The summed E-state index contributed by atoms with van der Waals surface area (Å²) >= 11 is 1.21. The molecule has 0 bridgehead atoms. The van der Waals surface area contributed by atoms with E-state index >= 15 is 0 Å². The molecule has 0 radical (unpaired) electrons. The minimum atomic E-state index is -3.40. The summed E-state index contributed by atoms with van der Waals surface area (Å²) in [5, 5.41) is 0. The predicted octanol–water partition coefficient (Wildman–Crippen LogP) is 0.924. The maximum Gasteiger partial charge on any atom is 0.250 e. The molecule has 0 saturated carbocycles. The van der Waals surface area contributed by atoms with E-state index < -0.39 is 10.0 Å². The number of nitrogens with one attached hydrogen (secondary N) is 1. The summed E-state index contributed by atoms with van der Waals surface area (Å²) in [5.74, 6) is 0. The molecule has 14 heavy (non-hydrogen) atoms. The highest BCUT2D eigenvalue weighted by atomic mass is 32.2. The first-order valence-corrected chi connectivity index (χ1v) is 6.36. The van der Waals surface area contributed by atoms with Crippen molar-refractivity contribution in [1.82, 2.24) is 4.72 Å². The van der Waals surface area contributed by atoms with Crippen molar-refractivity contribution in [3.63, 3.8) is 0 Å². The van der Waals surface area contributed by atoms with Crippen molar-refractivity contribution in [2.75, 3.05) is 6.54 Å². The summed E-state index contributed by atoms with van der Waals surface area (Å²) in [6, 6.07) is 3.31. The van der Waals surface area contributed by atoms with E-state index in [0.717, 1.165) is 4.88 Å². The maximum absolute atomic E-state index is 11.5. The Balaban J connectivity index is 2.71. The van der Waals surface area contributed by atoms with E-state index in [9.17, 15) is 13.2 Å². The van der Waals surface area contributed by atoms with Gasteiger partial charge in [0.25, 0.3) is 0 Å². The average Bonchev–Trinajstić information content (AvgIpc) is 2.53. The van der Waals surface area contributed by atoms with Gasteiger partial charge in [0.15, 0.2) is 0 Å². The summed E-state index contributed by atoms with van der Waals surface area (Å²) in [6.07, 6.45) is 0.881. The molecule has 0 saturated heterocycles. The first-order valence-electron chi connectivity index (χ1n) is 4.06. The Labute approximate surface area is 87.0 Å². The van der Waals surface area contributed by atoms with Gasteiger partial charge in [-0.1, -0.05) is 0 Å². The predicted molar refractivity (Wildman–Crippen MR) is 54.9 cm³/mol. The van der Waals surface area contributed by atoms with Gasteiger partial charge in [-0.3, -0.25) is 0 Å². The largest absolute Gasteiger partial charge is 0.303 e. The van der Waals surface area contributed by atoms with Gasteiger partial charge in [-0.15, -0.1) is 11.3 Å². The molecule has 4 nitrogen and oxygen atoms in total. The minimum Gasteiger partial charge on any atom is -0.303 e. The van der Waals surface area contributed by atoms with Crippen LogP contribution in [0.15, 0.2) is 16.3 Å². The molecule has 0 aromatic carbocycles. The molecule has 0 spiro atoms. The minimum absolute atomic E-state index is 0.156. The van der Waals surface area contributed by atoms with Gasteiger partial charge in [0, 0.05) is 17.8 Å². The van der Waals surface area contributed by atoms with Crippen molar-refractivity contribution in [2.24, 2.45) is 0 Å². The van der Waals surface area contributed by atoms with E-state index in [0.29, 0.717) is 10.5 Å². The molecule has 0 aliphatic rings. The summed E-state index contributed by atoms with van der Waals surface area (Å²) in [5.41, 5.74) is 0. The fourth-order valence-corrected chi connectivity index (χ4v) is 3.26. The van der Waals surface area contributed by atoms with Crippen LogP contribution in [0.4, 0.5) is 0 Å². The van der Waals surface area contributed by atoms with Crippen LogP contribution in [0.1, 0.15) is 11.3 Å². The first kappa shape index (κ1) is 11.4. The molecule has 0 aliphatic heterocycles. The fraction of sp³-hybridized carbons (Fsp3) is 0.375. The molecule has 0 atom stereocenters. The van der Waals surface area contributed by atoms with Crippen LogP contribution in [0, 0.1) is 6.92 Å². The third-order valence-electron chi connectivity index (χ3n) is 1.53. The highest BCUT2D eigenvalue weighted by Gasteiger charge is 2.14. The van der Waals surface area contributed by atoms with Crippen molar-refractivity contribution < 1.29 is 13.2 Å². The van der Waals surface area contributed by atoms with Crippen molar-refractivity contribution >= 4 is 27.6 Å². The highest BCUT2D eigenvalue weighted by molar-refractivity contribution is 7.91. The van der Waals surface area contributed by atoms with Crippen LogP contribution in [0.2, 0.25) is 0 Å². The second-order valence-electron chi connectivity index (χ2n) is 2.72. The zero-order valence-corrected chi connectivity index (χ0v) is 9.32. The molecule has 78 valence electrons. The SMILES string of the molecule is Cc1ccc(S(=O)(=O)NCCC=O)s1. The Hall–Kier alpha value is -0.720. The quantitative estimate of drug-likeness (QED) is 0.607. The Morgan fingerprint density at radius 2 is 2.21 bits per heavy atom. The Morgan fingerprint density at radius 3 is 2.71 bits per heavy atom. The van der Waals surface area contributed by atoms with Gasteiger partial charge in [0.05, 0.1) is 0 Å². The number of rotatable bonds is 5. The van der Waals surface area contributed by atoms with Gasteiger partial charge >= 0.3 is 0 Å². The van der Waals surface area contributed by atoms with Crippen LogP contribution in [0.3, 0.4) is 0 Å². The molecular weight excluding hydrogens is 222 g/mol. The number of sulfonamides is 1. The van der Waals surface area contributed by atoms with E-state index in [-0.39, 0.29) is 13.0 Å². The number of hydrogen-bond donors (Lipinski definition) is 1. The number of hydrogen-bond acceptors (Lipinski definition) is 4. The molecule has 0 amide bonds. The maximum atomic E-state index is 11.5. The molecule has 6 heteroatoms. The third kappa shape index (κ3) is 2.90. The van der Waals surface area contributed by atoms with Gasteiger partial charge in [-0.25, -0.2) is 13.1 Å².